The molecule has 1 aliphatic carbocycles. The molecule has 0 aromatic heterocycles. The van der Waals surface area contributed by atoms with Crippen LogP contribution in [-0.4, -0.2) is 4.92 Å². The molecule has 0 fully saturated rings. The summed E-state index contributed by atoms with van der Waals surface area (Å²) in [4.78, 5) is 10.9. The molecule has 0 aliphatic heterocycles. The lowest BCUT2D eigenvalue weighted by molar-refractivity contribution is -0.384. The molecule has 22 heavy (non-hydrogen) atoms. The Balaban J connectivity index is 1.94. The SMILES string of the molecule is Cc1ccc(NC2CCCc3cc(N)ccc32)c([N+](=O)[O-])c1. The number of anilines is 2. The highest BCUT2D eigenvalue weighted by Crippen LogP contribution is 2.36. The van der Waals surface area contributed by atoms with Crippen molar-refractivity contribution >= 4 is 17.1 Å². The van der Waals surface area contributed by atoms with Crippen LogP contribution in [0.25, 0.3) is 0 Å². The van der Waals surface area contributed by atoms with E-state index in [1.54, 1.807) is 12.1 Å². The Morgan fingerprint density at radius 3 is 2.86 bits per heavy atom. The van der Waals surface area contributed by atoms with Gasteiger partial charge in [0.1, 0.15) is 5.69 Å². The molecule has 0 spiro atoms. The number of benzene rings is 2. The van der Waals surface area contributed by atoms with Crippen LogP contribution in [0.5, 0.6) is 0 Å². The maximum Gasteiger partial charge on any atom is 0.292 e. The molecule has 5 heteroatoms. The van der Waals surface area contributed by atoms with Crippen molar-refractivity contribution in [2.45, 2.75) is 32.2 Å². The second-order valence-electron chi connectivity index (χ2n) is 5.83. The topological polar surface area (TPSA) is 81.2 Å². The molecule has 3 rings (SSSR count). The molecule has 114 valence electrons. The van der Waals surface area contributed by atoms with Gasteiger partial charge in [0, 0.05) is 11.8 Å². The molecule has 5 nitrogen and oxygen atoms in total. The van der Waals surface area contributed by atoms with Gasteiger partial charge in [-0.25, -0.2) is 0 Å². The number of nitro groups is 1. The molecule has 2 aromatic rings. The second-order valence-corrected chi connectivity index (χ2v) is 5.83. The van der Waals surface area contributed by atoms with Crippen LogP contribution in [-0.2, 0) is 6.42 Å². The third-order valence-corrected chi connectivity index (χ3v) is 4.16. The van der Waals surface area contributed by atoms with Crippen LogP contribution in [0, 0.1) is 17.0 Å². The molecule has 2 aromatic carbocycles. The minimum atomic E-state index is -0.331. The van der Waals surface area contributed by atoms with Crippen LogP contribution >= 0.6 is 0 Å². The molecule has 0 radical (unpaired) electrons. The average Bonchev–Trinajstić information content (AvgIpc) is 2.48. The number of nitrogens with zero attached hydrogens (tertiary/aromatic N) is 1. The zero-order valence-electron chi connectivity index (χ0n) is 12.5. The highest BCUT2D eigenvalue weighted by Gasteiger charge is 2.23. The number of nitro benzene ring substituents is 1. The van der Waals surface area contributed by atoms with E-state index >= 15 is 0 Å². The average molecular weight is 297 g/mol. The van der Waals surface area contributed by atoms with Gasteiger partial charge in [-0.1, -0.05) is 12.1 Å². The largest absolute Gasteiger partial charge is 0.399 e. The third-order valence-electron chi connectivity index (χ3n) is 4.16. The first-order valence-corrected chi connectivity index (χ1v) is 7.44. The first-order valence-electron chi connectivity index (χ1n) is 7.44. The summed E-state index contributed by atoms with van der Waals surface area (Å²) in [5.41, 5.74) is 10.6. The van der Waals surface area contributed by atoms with E-state index in [2.05, 4.69) is 5.32 Å². The van der Waals surface area contributed by atoms with Gasteiger partial charge in [0.15, 0.2) is 0 Å². The first kappa shape index (κ1) is 14.4. The number of nitrogen functional groups attached to an aromatic ring is 1. The van der Waals surface area contributed by atoms with Crippen molar-refractivity contribution in [3.63, 3.8) is 0 Å². The smallest absolute Gasteiger partial charge is 0.292 e. The standard InChI is InChI=1S/C17H19N3O2/c1-11-5-8-16(17(9-11)20(21)22)19-15-4-2-3-12-10-13(18)6-7-14(12)15/h5-10,15,19H,2-4,18H2,1H3. The Bertz CT molecular complexity index is 728. The summed E-state index contributed by atoms with van der Waals surface area (Å²) in [6, 6.07) is 11.3. The summed E-state index contributed by atoms with van der Waals surface area (Å²) >= 11 is 0. The minimum absolute atomic E-state index is 0.0887. The monoisotopic (exact) mass is 297 g/mol. The van der Waals surface area contributed by atoms with Gasteiger partial charge in [-0.3, -0.25) is 10.1 Å². The van der Waals surface area contributed by atoms with E-state index in [1.807, 2.05) is 31.2 Å². The summed E-state index contributed by atoms with van der Waals surface area (Å²) in [5, 5.41) is 14.6. The van der Waals surface area contributed by atoms with E-state index in [1.165, 1.54) is 11.1 Å². The van der Waals surface area contributed by atoms with Crippen LogP contribution in [0.2, 0.25) is 0 Å². The fourth-order valence-corrected chi connectivity index (χ4v) is 3.09. The lowest BCUT2D eigenvalue weighted by Gasteiger charge is -2.27. The van der Waals surface area contributed by atoms with Gasteiger partial charge >= 0.3 is 0 Å². The predicted octanol–water partition coefficient (Wildman–Crippen LogP) is 3.97. The number of nitrogens with one attached hydrogen (secondary N) is 1. The molecule has 0 saturated heterocycles. The molecule has 0 amide bonds. The van der Waals surface area contributed by atoms with Gasteiger partial charge in [-0.05, 0) is 61.1 Å². The van der Waals surface area contributed by atoms with Crippen LogP contribution in [0.1, 0.15) is 35.6 Å². The van der Waals surface area contributed by atoms with Gasteiger partial charge in [-0.15, -0.1) is 0 Å². The predicted molar refractivity (Wildman–Crippen MR) is 88.0 cm³/mol. The molecule has 0 saturated carbocycles. The van der Waals surface area contributed by atoms with Crippen molar-refractivity contribution in [2.24, 2.45) is 0 Å². The number of aryl methyl sites for hydroxylation is 2. The second kappa shape index (κ2) is 5.67. The Morgan fingerprint density at radius 1 is 1.27 bits per heavy atom. The number of rotatable bonds is 3. The van der Waals surface area contributed by atoms with Gasteiger partial charge in [0.2, 0.25) is 0 Å². The van der Waals surface area contributed by atoms with E-state index in [9.17, 15) is 10.1 Å². The van der Waals surface area contributed by atoms with Crippen molar-refractivity contribution in [3.8, 4) is 0 Å². The summed E-state index contributed by atoms with van der Waals surface area (Å²) in [7, 11) is 0. The molecule has 1 aliphatic rings. The van der Waals surface area contributed by atoms with Crippen molar-refractivity contribution in [3.05, 3.63) is 63.2 Å². The maximum atomic E-state index is 11.3. The fraction of sp³-hybridized carbons (Fsp3) is 0.294. The van der Waals surface area contributed by atoms with E-state index < -0.39 is 0 Å². The van der Waals surface area contributed by atoms with Gasteiger partial charge in [-0.2, -0.15) is 0 Å². The van der Waals surface area contributed by atoms with Gasteiger partial charge in [0.25, 0.3) is 5.69 Å². The van der Waals surface area contributed by atoms with Crippen LogP contribution in [0.3, 0.4) is 0 Å². The number of fused-ring (bicyclic) bond motifs is 1. The summed E-state index contributed by atoms with van der Waals surface area (Å²) in [5.74, 6) is 0. The number of hydrogen-bond donors (Lipinski definition) is 2. The summed E-state index contributed by atoms with van der Waals surface area (Å²) in [6.45, 7) is 1.86. The number of nitrogens with two attached hydrogens (primary N) is 1. The Hall–Kier alpha value is -2.56. The van der Waals surface area contributed by atoms with Crippen LogP contribution < -0.4 is 11.1 Å². The van der Waals surface area contributed by atoms with E-state index in [0.29, 0.717) is 5.69 Å². The Labute approximate surface area is 129 Å². The van der Waals surface area contributed by atoms with Crippen molar-refractivity contribution in [1.82, 2.24) is 0 Å². The highest BCUT2D eigenvalue weighted by atomic mass is 16.6. The molecular formula is C17H19N3O2. The lowest BCUT2D eigenvalue weighted by atomic mass is 9.87. The van der Waals surface area contributed by atoms with Crippen LogP contribution in [0.15, 0.2) is 36.4 Å². The van der Waals surface area contributed by atoms with E-state index in [4.69, 9.17) is 5.73 Å². The van der Waals surface area contributed by atoms with E-state index in [0.717, 1.165) is 30.5 Å². The fourth-order valence-electron chi connectivity index (χ4n) is 3.09. The zero-order valence-corrected chi connectivity index (χ0v) is 12.5. The highest BCUT2D eigenvalue weighted by molar-refractivity contribution is 5.64. The third kappa shape index (κ3) is 2.74. The first-order chi connectivity index (χ1) is 10.5. The Kier molecular flexibility index (Phi) is 3.71. The normalized spacial score (nSPS) is 16.9. The molecule has 0 bridgehead atoms. The summed E-state index contributed by atoms with van der Waals surface area (Å²) < 4.78 is 0. The van der Waals surface area contributed by atoms with E-state index in [-0.39, 0.29) is 16.7 Å². The lowest BCUT2D eigenvalue weighted by Crippen LogP contribution is -2.18. The molecule has 3 N–H and O–H groups in total. The van der Waals surface area contributed by atoms with Crippen molar-refractivity contribution < 1.29 is 4.92 Å². The minimum Gasteiger partial charge on any atom is -0.399 e. The van der Waals surface area contributed by atoms with Crippen LogP contribution in [0.4, 0.5) is 17.1 Å². The molecule has 1 unspecified atom stereocenters. The van der Waals surface area contributed by atoms with Gasteiger partial charge in [0.05, 0.1) is 11.0 Å². The molecule has 1 atom stereocenters. The summed E-state index contributed by atoms with van der Waals surface area (Å²) in [6.07, 6.45) is 3.02. The Morgan fingerprint density at radius 2 is 2.09 bits per heavy atom. The van der Waals surface area contributed by atoms with Gasteiger partial charge < -0.3 is 11.1 Å². The maximum absolute atomic E-state index is 11.3. The van der Waals surface area contributed by atoms with Crippen molar-refractivity contribution in [1.29, 1.82) is 0 Å². The quantitative estimate of drug-likeness (QED) is 0.510. The van der Waals surface area contributed by atoms with Crippen molar-refractivity contribution in [2.75, 3.05) is 11.1 Å². The molecular weight excluding hydrogens is 278 g/mol. The number of hydrogen-bond acceptors (Lipinski definition) is 4. The zero-order chi connectivity index (χ0) is 15.7. The molecule has 0 heterocycles.